The summed E-state index contributed by atoms with van der Waals surface area (Å²) in [6, 6.07) is 13.3. The second-order valence-electron chi connectivity index (χ2n) is 7.21. The number of hydrogen-bond donors (Lipinski definition) is 3. The summed E-state index contributed by atoms with van der Waals surface area (Å²) >= 11 is 0. The summed E-state index contributed by atoms with van der Waals surface area (Å²) < 4.78 is 38.6. The maximum absolute atomic E-state index is 12.9. The van der Waals surface area contributed by atoms with Gasteiger partial charge in [0.1, 0.15) is 0 Å². The third-order valence-electron chi connectivity index (χ3n) is 5.15. The molecule has 0 unspecified atom stereocenters. The van der Waals surface area contributed by atoms with Gasteiger partial charge in [-0.25, -0.2) is 5.48 Å². The van der Waals surface area contributed by atoms with Gasteiger partial charge in [-0.1, -0.05) is 36.4 Å². The molecule has 0 atom stereocenters. The van der Waals surface area contributed by atoms with Gasteiger partial charge in [-0.2, -0.15) is 13.2 Å². The SMILES string of the molecule is O=C(/C=C/c1ccccc1N1CCC(NCc2cccc(C(F)(F)F)c2)CC1)NO. The highest BCUT2D eigenvalue weighted by atomic mass is 19.4. The number of benzene rings is 2. The number of carbonyl (C=O) groups is 1. The van der Waals surface area contributed by atoms with Crippen molar-refractivity contribution in [1.29, 1.82) is 0 Å². The van der Waals surface area contributed by atoms with Crippen molar-refractivity contribution in [2.75, 3.05) is 18.0 Å². The number of rotatable bonds is 6. The average molecular weight is 419 g/mol. The van der Waals surface area contributed by atoms with Crippen LogP contribution >= 0.6 is 0 Å². The van der Waals surface area contributed by atoms with E-state index in [0.717, 1.165) is 43.2 Å². The predicted molar refractivity (Wildman–Crippen MR) is 109 cm³/mol. The van der Waals surface area contributed by atoms with Crippen LogP contribution in [0.4, 0.5) is 18.9 Å². The molecule has 0 bridgehead atoms. The van der Waals surface area contributed by atoms with Crippen LogP contribution < -0.4 is 15.7 Å². The summed E-state index contributed by atoms with van der Waals surface area (Å²) in [6.45, 7) is 1.97. The fourth-order valence-electron chi connectivity index (χ4n) is 3.56. The van der Waals surface area contributed by atoms with Crippen LogP contribution in [0.3, 0.4) is 0 Å². The van der Waals surface area contributed by atoms with Crippen molar-refractivity contribution >= 4 is 17.7 Å². The van der Waals surface area contributed by atoms with Crippen molar-refractivity contribution in [2.24, 2.45) is 0 Å². The van der Waals surface area contributed by atoms with E-state index in [1.807, 2.05) is 24.3 Å². The normalized spacial score (nSPS) is 15.5. The Bertz CT molecular complexity index is 891. The fraction of sp³-hybridized carbons (Fsp3) is 0.318. The molecule has 3 rings (SSSR count). The molecule has 8 heteroatoms. The molecule has 0 aromatic heterocycles. The summed E-state index contributed by atoms with van der Waals surface area (Å²) in [5, 5.41) is 12.0. The Morgan fingerprint density at radius 3 is 2.57 bits per heavy atom. The van der Waals surface area contributed by atoms with E-state index in [1.54, 1.807) is 17.6 Å². The number of nitrogens with one attached hydrogen (secondary N) is 2. The molecule has 2 aromatic carbocycles. The van der Waals surface area contributed by atoms with Crippen LogP contribution in [0, 0.1) is 0 Å². The van der Waals surface area contributed by atoms with Gasteiger partial charge in [-0.3, -0.25) is 10.0 Å². The molecule has 1 aliphatic heterocycles. The Hall–Kier alpha value is -2.84. The first-order valence-corrected chi connectivity index (χ1v) is 9.72. The first-order chi connectivity index (χ1) is 14.4. The molecule has 0 aliphatic carbocycles. The van der Waals surface area contributed by atoms with Gasteiger partial charge in [0.25, 0.3) is 5.91 Å². The van der Waals surface area contributed by atoms with Crippen molar-refractivity contribution in [3.63, 3.8) is 0 Å². The van der Waals surface area contributed by atoms with Crippen LogP contribution in [-0.4, -0.2) is 30.2 Å². The van der Waals surface area contributed by atoms with Crippen molar-refractivity contribution < 1.29 is 23.2 Å². The quantitative estimate of drug-likeness (QED) is 0.377. The largest absolute Gasteiger partial charge is 0.416 e. The van der Waals surface area contributed by atoms with Crippen molar-refractivity contribution in [1.82, 2.24) is 10.8 Å². The van der Waals surface area contributed by atoms with E-state index in [0.29, 0.717) is 12.1 Å². The number of anilines is 1. The van der Waals surface area contributed by atoms with Gasteiger partial charge in [0.05, 0.1) is 5.56 Å². The molecular formula is C22H24F3N3O2. The second-order valence-corrected chi connectivity index (χ2v) is 7.21. The van der Waals surface area contributed by atoms with Gasteiger partial charge in [-0.05, 0) is 42.2 Å². The van der Waals surface area contributed by atoms with E-state index in [9.17, 15) is 18.0 Å². The lowest BCUT2D eigenvalue weighted by Gasteiger charge is -2.35. The van der Waals surface area contributed by atoms with Gasteiger partial charge in [0.15, 0.2) is 0 Å². The molecule has 1 saturated heterocycles. The summed E-state index contributed by atoms with van der Waals surface area (Å²) in [5.74, 6) is -0.595. The van der Waals surface area contributed by atoms with E-state index >= 15 is 0 Å². The number of carbonyl (C=O) groups excluding carboxylic acids is 1. The molecule has 1 amide bonds. The number of halogens is 3. The van der Waals surface area contributed by atoms with E-state index in [4.69, 9.17) is 5.21 Å². The second kappa shape index (κ2) is 9.77. The predicted octanol–water partition coefficient (Wildman–Crippen LogP) is 3.98. The number of amides is 1. The molecule has 0 spiro atoms. The van der Waals surface area contributed by atoms with E-state index in [2.05, 4.69) is 10.2 Å². The first kappa shape index (κ1) is 21.9. The van der Waals surface area contributed by atoms with Crippen LogP contribution in [0.2, 0.25) is 0 Å². The van der Waals surface area contributed by atoms with Gasteiger partial charge < -0.3 is 10.2 Å². The Balaban J connectivity index is 1.56. The highest BCUT2D eigenvalue weighted by Crippen LogP contribution is 2.30. The molecule has 0 radical (unpaired) electrons. The van der Waals surface area contributed by atoms with Crippen molar-refractivity contribution in [3.8, 4) is 0 Å². The minimum absolute atomic E-state index is 0.221. The molecule has 0 saturated carbocycles. The Labute approximate surface area is 173 Å². The minimum atomic E-state index is -4.33. The lowest BCUT2D eigenvalue weighted by molar-refractivity contribution is -0.137. The summed E-state index contributed by atoms with van der Waals surface area (Å²) in [6.07, 6.45) is 0.296. The number of para-hydroxylation sites is 1. The van der Waals surface area contributed by atoms with Crippen LogP contribution in [0.25, 0.3) is 6.08 Å². The third-order valence-corrected chi connectivity index (χ3v) is 5.15. The minimum Gasteiger partial charge on any atom is -0.371 e. The van der Waals surface area contributed by atoms with Gasteiger partial charge in [0.2, 0.25) is 0 Å². The topological polar surface area (TPSA) is 64.6 Å². The molecule has 2 aromatic rings. The van der Waals surface area contributed by atoms with Gasteiger partial charge in [0, 0.05) is 37.4 Å². The Kier molecular flexibility index (Phi) is 7.12. The molecule has 5 nitrogen and oxygen atoms in total. The Morgan fingerprint density at radius 1 is 1.13 bits per heavy atom. The van der Waals surface area contributed by atoms with Crippen LogP contribution in [0.5, 0.6) is 0 Å². The number of hydroxylamine groups is 1. The van der Waals surface area contributed by atoms with Crippen LogP contribution in [-0.2, 0) is 17.5 Å². The fourth-order valence-corrected chi connectivity index (χ4v) is 3.56. The standard InChI is InChI=1S/C22H24F3N3O2/c23-22(24,25)18-6-3-4-16(14-18)15-26-19-10-12-28(13-11-19)20-7-2-1-5-17(20)8-9-21(29)27-30/h1-9,14,19,26,30H,10-13,15H2,(H,27,29)/b9-8+. The van der Waals surface area contributed by atoms with Crippen molar-refractivity contribution in [3.05, 3.63) is 71.3 Å². The number of alkyl halides is 3. The zero-order chi connectivity index (χ0) is 21.6. The third kappa shape index (κ3) is 5.84. The molecule has 1 fully saturated rings. The van der Waals surface area contributed by atoms with Gasteiger partial charge in [-0.15, -0.1) is 0 Å². The van der Waals surface area contributed by atoms with E-state index in [1.165, 1.54) is 18.2 Å². The molecule has 30 heavy (non-hydrogen) atoms. The average Bonchev–Trinajstić information content (AvgIpc) is 2.76. The van der Waals surface area contributed by atoms with Crippen LogP contribution in [0.15, 0.2) is 54.6 Å². The highest BCUT2D eigenvalue weighted by molar-refractivity contribution is 5.91. The Morgan fingerprint density at radius 2 is 1.87 bits per heavy atom. The number of hydrogen-bond acceptors (Lipinski definition) is 4. The smallest absolute Gasteiger partial charge is 0.371 e. The maximum atomic E-state index is 12.9. The monoisotopic (exact) mass is 419 g/mol. The van der Waals surface area contributed by atoms with E-state index in [-0.39, 0.29) is 6.04 Å². The van der Waals surface area contributed by atoms with Crippen molar-refractivity contribution in [2.45, 2.75) is 31.6 Å². The number of piperidine rings is 1. The summed E-state index contributed by atoms with van der Waals surface area (Å²) in [7, 11) is 0. The summed E-state index contributed by atoms with van der Waals surface area (Å²) in [5.41, 5.74) is 3.42. The molecule has 1 aliphatic rings. The lowest BCUT2D eigenvalue weighted by Crippen LogP contribution is -2.42. The maximum Gasteiger partial charge on any atom is 0.416 e. The van der Waals surface area contributed by atoms with E-state index < -0.39 is 17.6 Å². The van der Waals surface area contributed by atoms with Gasteiger partial charge >= 0.3 is 6.18 Å². The first-order valence-electron chi connectivity index (χ1n) is 9.72. The van der Waals surface area contributed by atoms with Crippen LogP contribution in [0.1, 0.15) is 29.5 Å². The highest BCUT2D eigenvalue weighted by Gasteiger charge is 2.30. The molecular weight excluding hydrogens is 395 g/mol. The molecule has 3 N–H and O–H groups in total. The molecule has 160 valence electrons. The lowest BCUT2D eigenvalue weighted by atomic mass is 10.0. The zero-order valence-corrected chi connectivity index (χ0v) is 16.3. The number of nitrogens with zero attached hydrogens (tertiary/aromatic N) is 1. The summed E-state index contributed by atoms with van der Waals surface area (Å²) in [4.78, 5) is 13.5. The molecule has 1 heterocycles. The zero-order valence-electron chi connectivity index (χ0n) is 16.3.